The molecule has 2 aromatic carbocycles. The van der Waals surface area contributed by atoms with Crippen LogP contribution in [0.25, 0.3) is 17.1 Å². The number of ether oxygens (including phenoxy) is 2. The summed E-state index contributed by atoms with van der Waals surface area (Å²) in [7, 11) is 3.19. The Morgan fingerprint density at radius 2 is 1.78 bits per heavy atom. The van der Waals surface area contributed by atoms with Crippen molar-refractivity contribution in [2.75, 3.05) is 14.2 Å². The van der Waals surface area contributed by atoms with Crippen molar-refractivity contribution in [1.29, 1.82) is 0 Å². The van der Waals surface area contributed by atoms with Gasteiger partial charge in [0, 0.05) is 23.1 Å². The quantitative estimate of drug-likeness (QED) is 0.371. The minimum Gasteiger partial charge on any atom is -0.497 e. The molecule has 0 saturated carbocycles. The second kappa shape index (κ2) is 8.66. The van der Waals surface area contributed by atoms with Crippen molar-refractivity contribution in [3.05, 3.63) is 65.2 Å². The van der Waals surface area contributed by atoms with Crippen molar-refractivity contribution >= 4 is 11.8 Å². The van der Waals surface area contributed by atoms with Crippen LogP contribution in [-0.4, -0.2) is 34.2 Å². The fourth-order valence-corrected chi connectivity index (χ4v) is 4.60. The third kappa shape index (κ3) is 3.95. The summed E-state index contributed by atoms with van der Waals surface area (Å²) in [6.07, 6.45) is 3.05. The Morgan fingerprint density at radius 1 is 1.03 bits per heavy atom. The lowest BCUT2D eigenvalue weighted by Crippen LogP contribution is -2.01. The first-order valence-electron chi connectivity index (χ1n) is 10.2. The van der Waals surface area contributed by atoms with E-state index >= 15 is 0 Å². The van der Waals surface area contributed by atoms with Crippen LogP contribution in [0.5, 0.6) is 11.5 Å². The van der Waals surface area contributed by atoms with Gasteiger partial charge in [0.2, 0.25) is 5.89 Å². The summed E-state index contributed by atoms with van der Waals surface area (Å²) in [5.74, 6) is 2.04. The smallest absolute Gasteiger partial charge is 0.277 e. The molecule has 0 N–H and O–H groups in total. The molecule has 164 valence electrons. The minimum atomic E-state index is -0.255. The molecule has 2 aromatic heterocycles. The Morgan fingerprint density at radius 3 is 2.50 bits per heavy atom. The molecule has 0 fully saturated rings. The van der Waals surface area contributed by atoms with Gasteiger partial charge in [0.1, 0.15) is 17.3 Å². The number of rotatable bonds is 7. The largest absolute Gasteiger partial charge is 0.497 e. The molecule has 5 rings (SSSR count). The van der Waals surface area contributed by atoms with Gasteiger partial charge in [-0.25, -0.2) is 9.07 Å². The van der Waals surface area contributed by atoms with Gasteiger partial charge in [-0.1, -0.05) is 11.8 Å². The SMILES string of the molecule is COc1cc(OC)cc(-c2nnc(SCc3nn(-c4ccc(F)cc4)c4c3CCC4)o2)c1. The highest BCUT2D eigenvalue weighted by atomic mass is 32.2. The molecule has 0 amide bonds. The number of thioether (sulfide) groups is 1. The van der Waals surface area contributed by atoms with Gasteiger partial charge in [0.25, 0.3) is 5.22 Å². The summed E-state index contributed by atoms with van der Waals surface area (Å²) in [6, 6.07) is 11.9. The zero-order chi connectivity index (χ0) is 22.1. The van der Waals surface area contributed by atoms with Crippen LogP contribution < -0.4 is 9.47 Å². The molecule has 0 bridgehead atoms. The van der Waals surface area contributed by atoms with Crippen LogP contribution in [0.3, 0.4) is 0 Å². The Bertz CT molecular complexity index is 1230. The number of hydrogen-bond donors (Lipinski definition) is 0. The molecule has 0 atom stereocenters. The van der Waals surface area contributed by atoms with E-state index in [-0.39, 0.29) is 5.82 Å². The van der Waals surface area contributed by atoms with Crippen LogP contribution in [0.15, 0.2) is 52.1 Å². The van der Waals surface area contributed by atoms with Gasteiger partial charge >= 0.3 is 0 Å². The molecule has 1 aliphatic carbocycles. The highest BCUT2D eigenvalue weighted by Gasteiger charge is 2.24. The summed E-state index contributed by atoms with van der Waals surface area (Å²) in [5.41, 5.74) is 5.05. The van der Waals surface area contributed by atoms with Gasteiger partial charge in [0.05, 0.1) is 25.6 Å². The molecule has 0 saturated heterocycles. The lowest BCUT2D eigenvalue weighted by atomic mass is 10.2. The van der Waals surface area contributed by atoms with Crippen LogP contribution in [0.2, 0.25) is 0 Å². The van der Waals surface area contributed by atoms with E-state index in [0.29, 0.717) is 28.4 Å². The van der Waals surface area contributed by atoms with Gasteiger partial charge in [-0.05, 0) is 61.2 Å². The van der Waals surface area contributed by atoms with E-state index in [1.54, 1.807) is 32.4 Å². The molecular weight excluding hydrogens is 431 g/mol. The van der Waals surface area contributed by atoms with Crippen molar-refractivity contribution in [1.82, 2.24) is 20.0 Å². The van der Waals surface area contributed by atoms with Crippen LogP contribution in [0.1, 0.15) is 23.4 Å². The Kier molecular flexibility index (Phi) is 5.57. The summed E-state index contributed by atoms with van der Waals surface area (Å²) in [5, 5.41) is 13.6. The molecular formula is C23H21FN4O3S. The maximum absolute atomic E-state index is 13.3. The van der Waals surface area contributed by atoms with E-state index in [4.69, 9.17) is 19.0 Å². The summed E-state index contributed by atoms with van der Waals surface area (Å²) < 4.78 is 31.8. The van der Waals surface area contributed by atoms with Gasteiger partial charge in [-0.15, -0.1) is 10.2 Å². The number of benzene rings is 2. The lowest BCUT2D eigenvalue weighted by molar-refractivity contribution is 0.394. The Hall–Kier alpha value is -3.33. The first-order valence-corrected chi connectivity index (χ1v) is 11.2. The highest BCUT2D eigenvalue weighted by Crippen LogP contribution is 2.34. The molecule has 4 aromatic rings. The van der Waals surface area contributed by atoms with Gasteiger partial charge < -0.3 is 13.9 Å². The van der Waals surface area contributed by atoms with E-state index in [2.05, 4.69) is 10.2 Å². The fourth-order valence-electron chi connectivity index (χ4n) is 3.87. The van der Waals surface area contributed by atoms with Gasteiger partial charge in [0.15, 0.2) is 0 Å². The van der Waals surface area contributed by atoms with Crippen molar-refractivity contribution in [2.45, 2.75) is 30.2 Å². The number of fused-ring (bicyclic) bond motifs is 1. The molecule has 32 heavy (non-hydrogen) atoms. The predicted molar refractivity (Wildman–Crippen MR) is 118 cm³/mol. The van der Waals surface area contributed by atoms with Crippen LogP contribution in [0, 0.1) is 5.82 Å². The number of aromatic nitrogens is 4. The lowest BCUT2D eigenvalue weighted by Gasteiger charge is -2.05. The average molecular weight is 453 g/mol. The van der Waals surface area contributed by atoms with Crippen LogP contribution >= 0.6 is 11.8 Å². The average Bonchev–Trinajstić information content (AvgIpc) is 3.55. The fraction of sp³-hybridized carbons (Fsp3) is 0.261. The van der Waals surface area contributed by atoms with E-state index < -0.39 is 0 Å². The molecule has 0 aliphatic heterocycles. The van der Waals surface area contributed by atoms with Crippen LogP contribution in [-0.2, 0) is 18.6 Å². The topological polar surface area (TPSA) is 75.2 Å². The third-order valence-corrected chi connectivity index (χ3v) is 6.25. The molecule has 1 aliphatic rings. The van der Waals surface area contributed by atoms with Crippen molar-refractivity contribution in [3.63, 3.8) is 0 Å². The summed E-state index contributed by atoms with van der Waals surface area (Å²) in [4.78, 5) is 0. The monoisotopic (exact) mass is 452 g/mol. The van der Waals surface area contributed by atoms with E-state index in [9.17, 15) is 4.39 Å². The number of nitrogens with zero attached hydrogens (tertiary/aromatic N) is 4. The number of hydrogen-bond acceptors (Lipinski definition) is 7. The maximum atomic E-state index is 13.3. The predicted octanol–water partition coefficient (Wildman–Crippen LogP) is 4.86. The van der Waals surface area contributed by atoms with Gasteiger partial charge in [-0.3, -0.25) is 0 Å². The normalized spacial score (nSPS) is 12.7. The van der Waals surface area contributed by atoms with E-state index in [1.165, 1.54) is 35.2 Å². The zero-order valence-electron chi connectivity index (χ0n) is 17.7. The highest BCUT2D eigenvalue weighted by molar-refractivity contribution is 7.98. The van der Waals surface area contributed by atoms with E-state index in [0.717, 1.165) is 36.2 Å². The molecule has 7 nitrogen and oxygen atoms in total. The molecule has 0 radical (unpaired) electrons. The maximum Gasteiger partial charge on any atom is 0.277 e. The second-order valence-corrected chi connectivity index (χ2v) is 8.30. The van der Waals surface area contributed by atoms with Crippen LogP contribution in [0.4, 0.5) is 4.39 Å². The Balaban J connectivity index is 1.36. The van der Waals surface area contributed by atoms with Crippen molar-refractivity contribution in [2.24, 2.45) is 0 Å². The molecule has 0 unspecified atom stereocenters. The minimum absolute atomic E-state index is 0.255. The van der Waals surface area contributed by atoms with Crippen molar-refractivity contribution < 1.29 is 18.3 Å². The summed E-state index contributed by atoms with van der Waals surface area (Å²) >= 11 is 1.45. The van der Waals surface area contributed by atoms with Gasteiger partial charge in [-0.2, -0.15) is 5.10 Å². The third-order valence-electron chi connectivity index (χ3n) is 5.42. The second-order valence-electron chi connectivity index (χ2n) is 7.38. The standard InChI is InChI=1S/C23H21FN4O3S/c1-29-17-10-14(11-18(12-17)30-2)22-25-26-23(31-22)32-13-20-19-4-3-5-21(19)28(27-20)16-8-6-15(24)7-9-16/h6-12H,3-5,13H2,1-2H3. The molecule has 9 heteroatoms. The first kappa shape index (κ1) is 20.6. The molecule has 0 spiro atoms. The first-order chi connectivity index (χ1) is 15.6. The Labute approximate surface area is 188 Å². The molecule has 2 heterocycles. The van der Waals surface area contributed by atoms with Crippen molar-refractivity contribution in [3.8, 4) is 28.6 Å². The number of methoxy groups -OCH3 is 2. The summed E-state index contributed by atoms with van der Waals surface area (Å²) in [6.45, 7) is 0. The number of halogens is 1. The van der Waals surface area contributed by atoms with E-state index in [1.807, 2.05) is 16.8 Å². The zero-order valence-corrected chi connectivity index (χ0v) is 18.5.